The zero-order valence-corrected chi connectivity index (χ0v) is 16.6. The van der Waals surface area contributed by atoms with Crippen molar-refractivity contribution < 1.29 is 4.74 Å². The van der Waals surface area contributed by atoms with E-state index in [1.54, 1.807) is 0 Å². The highest BCUT2D eigenvalue weighted by Gasteiger charge is 2.10. The Morgan fingerprint density at radius 2 is 1.92 bits per heavy atom. The molecule has 0 radical (unpaired) electrons. The number of nitrogens with one attached hydrogen (secondary N) is 2. The van der Waals surface area contributed by atoms with E-state index in [-0.39, 0.29) is 0 Å². The molecule has 0 spiro atoms. The summed E-state index contributed by atoms with van der Waals surface area (Å²) in [6.07, 6.45) is 4.04. The minimum absolute atomic E-state index is 0.687. The van der Waals surface area contributed by atoms with Gasteiger partial charge in [-0.2, -0.15) is 0 Å². The third kappa shape index (κ3) is 7.62. The van der Waals surface area contributed by atoms with Gasteiger partial charge in [0.1, 0.15) is 12.4 Å². The molecule has 1 aliphatic rings. The van der Waals surface area contributed by atoms with Gasteiger partial charge >= 0.3 is 0 Å². The molecular weight excluding hydrogens is 326 g/mol. The number of para-hydroxylation sites is 1. The average Bonchev–Trinajstić information content (AvgIpc) is 2.66. The van der Waals surface area contributed by atoms with Crippen molar-refractivity contribution in [2.24, 2.45) is 4.99 Å². The number of likely N-dealkylation sites (N-methyl/N-ethyl adjacent to an activating group) is 1. The number of likely N-dealkylation sites (tertiary alicyclic amines) is 1. The van der Waals surface area contributed by atoms with E-state index in [1.807, 2.05) is 25.2 Å². The quantitative estimate of drug-likeness (QED) is 0.519. The fraction of sp³-hybridized carbons (Fsp3) is 0.650. The molecule has 0 bridgehead atoms. The molecule has 1 aromatic rings. The Morgan fingerprint density at radius 3 is 2.65 bits per heavy atom. The van der Waals surface area contributed by atoms with Crippen molar-refractivity contribution in [1.82, 2.24) is 20.4 Å². The van der Waals surface area contributed by atoms with Crippen molar-refractivity contribution in [2.75, 3.05) is 60.5 Å². The highest BCUT2D eigenvalue weighted by Crippen LogP contribution is 2.17. The van der Waals surface area contributed by atoms with E-state index >= 15 is 0 Å². The number of piperidine rings is 1. The van der Waals surface area contributed by atoms with Gasteiger partial charge < -0.3 is 25.2 Å². The lowest BCUT2D eigenvalue weighted by molar-refractivity contribution is 0.232. The summed E-state index contributed by atoms with van der Waals surface area (Å²) < 4.78 is 5.93. The van der Waals surface area contributed by atoms with Crippen molar-refractivity contribution in [3.63, 3.8) is 0 Å². The van der Waals surface area contributed by atoms with Crippen LogP contribution in [0.25, 0.3) is 0 Å². The fourth-order valence-corrected chi connectivity index (χ4v) is 3.04. The van der Waals surface area contributed by atoms with Gasteiger partial charge in [0.2, 0.25) is 0 Å². The van der Waals surface area contributed by atoms with E-state index in [0.29, 0.717) is 13.2 Å². The van der Waals surface area contributed by atoms with E-state index in [1.165, 1.54) is 32.4 Å². The topological polar surface area (TPSA) is 52.1 Å². The van der Waals surface area contributed by atoms with Crippen LogP contribution >= 0.6 is 0 Å². The molecule has 1 saturated heterocycles. The lowest BCUT2D eigenvalue weighted by Gasteiger charge is -2.26. The SMILES string of the molecule is CN=C(NCCN1CCCCC1)NCc1ccccc1OCCN(C)C. The first kappa shape index (κ1) is 20.5. The molecule has 26 heavy (non-hydrogen) atoms. The van der Waals surface area contributed by atoms with Crippen LogP contribution in [0.3, 0.4) is 0 Å². The third-order valence-electron chi connectivity index (χ3n) is 4.61. The van der Waals surface area contributed by atoms with Gasteiger partial charge in [0, 0.05) is 38.8 Å². The number of guanidine groups is 1. The van der Waals surface area contributed by atoms with Gasteiger partial charge in [-0.1, -0.05) is 24.6 Å². The van der Waals surface area contributed by atoms with Gasteiger partial charge in [0.05, 0.1) is 0 Å². The van der Waals surface area contributed by atoms with Crippen LogP contribution in [0.15, 0.2) is 29.3 Å². The number of rotatable bonds is 9. The number of nitrogens with zero attached hydrogens (tertiary/aromatic N) is 3. The first-order valence-electron chi connectivity index (χ1n) is 9.71. The van der Waals surface area contributed by atoms with Gasteiger partial charge in [0.15, 0.2) is 5.96 Å². The van der Waals surface area contributed by atoms with Gasteiger partial charge in [-0.25, -0.2) is 0 Å². The smallest absolute Gasteiger partial charge is 0.191 e. The lowest BCUT2D eigenvalue weighted by Crippen LogP contribution is -2.42. The summed E-state index contributed by atoms with van der Waals surface area (Å²) in [5.74, 6) is 1.77. The van der Waals surface area contributed by atoms with Crippen LogP contribution in [0.4, 0.5) is 0 Å². The van der Waals surface area contributed by atoms with E-state index in [9.17, 15) is 0 Å². The number of hydrogen-bond acceptors (Lipinski definition) is 4. The second-order valence-electron chi connectivity index (χ2n) is 7.01. The Labute approximate surface area is 158 Å². The molecule has 2 rings (SSSR count). The van der Waals surface area contributed by atoms with Crippen LogP contribution < -0.4 is 15.4 Å². The first-order chi connectivity index (χ1) is 12.7. The molecule has 0 amide bonds. The van der Waals surface area contributed by atoms with Crippen LogP contribution in [0.2, 0.25) is 0 Å². The summed E-state index contributed by atoms with van der Waals surface area (Å²) >= 11 is 0. The van der Waals surface area contributed by atoms with Crippen molar-refractivity contribution in [3.05, 3.63) is 29.8 Å². The third-order valence-corrected chi connectivity index (χ3v) is 4.61. The Bertz CT molecular complexity index is 541. The van der Waals surface area contributed by atoms with Crippen molar-refractivity contribution in [2.45, 2.75) is 25.8 Å². The van der Waals surface area contributed by atoms with Crippen LogP contribution in [-0.4, -0.2) is 76.2 Å². The number of hydrogen-bond donors (Lipinski definition) is 2. The van der Waals surface area contributed by atoms with Crippen LogP contribution in [0.1, 0.15) is 24.8 Å². The molecule has 6 nitrogen and oxygen atoms in total. The van der Waals surface area contributed by atoms with Crippen LogP contribution in [-0.2, 0) is 6.54 Å². The normalized spacial score (nSPS) is 15.9. The van der Waals surface area contributed by atoms with Gasteiger partial charge in [-0.15, -0.1) is 0 Å². The van der Waals surface area contributed by atoms with Crippen molar-refractivity contribution in [3.8, 4) is 5.75 Å². The Morgan fingerprint density at radius 1 is 1.15 bits per heavy atom. The number of benzene rings is 1. The molecule has 1 heterocycles. The predicted octanol–water partition coefficient (Wildman–Crippen LogP) is 1.78. The van der Waals surface area contributed by atoms with Crippen molar-refractivity contribution >= 4 is 5.96 Å². The molecule has 0 aromatic heterocycles. The minimum Gasteiger partial charge on any atom is -0.492 e. The molecule has 1 aliphatic heterocycles. The minimum atomic E-state index is 0.687. The highest BCUT2D eigenvalue weighted by atomic mass is 16.5. The maximum atomic E-state index is 5.93. The summed E-state index contributed by atoms with van der Waals surface area (Å²) in [5, 5.41) is 6.81. The van der Waals surface area contributed by atoms with E-state index in [4.69, 9.17) is 4.74 Å². The monoisotopic (exact) mass is 361 g/mol. The second-order valence-corrected chi connectivity index (χ2v) is 7.01. The van der Waals surface area contributed by atoms with Gasteiger partial charge in [-0.3, -0.25) is 4.99 Å². The highest BCUT2D eigenvalue weighted by molar-refractivity contribution is 5.79. The molecule has 0 saturated carbocycles. The zero-order chi connectivity index (χ0) is 18.6. The zero-order valence-electron chi connectivity index (χ0n) is 16.6. The molecule has 6 heteroatoms. The summed E-state index contributed by atoms with van der Waals surface area (Å²) in [6, 6.07) is 8.18. The Hall–Kier alpha value is -1.79. The van der Waals surface area contributed by atoms with Gasteiger partial charge in [-0.05, 0) is 46.1 Å². The van der Waals surface area contributed by atoms with Gasteiger partial charge in [0.25, 0.3) is 0 Å². The molecule has 0 unspecified atom stereocenters. The average molecular weight is 362 g/mol. The van der Waals surface area contributed by atoms with E-state index in [2.05, 4.69) is 45.6 Å². The molecule has 1 fully saturated rings. The summed E-state index contributed by atoms with van der Waals surface area (Å²) in [6.45, 7) is 6.73. The molecular formula is C20H35N5O. The first-order valence-corrected chi connectivity index (χ1v) is 9.71. The van der Waals surface area contributed by atoms with Crippen LogP contribution in [0, 0.1) is 0 Å². The Balaban J connectivity index is 1.75. The standard InChI is InChI=1S/C20H35N5O/c1-21-20(22-11-14-25-12-7-4-8-13-25)23-17-18-9-5-6-10-19(18)26-16-15-24(2)3/h5-6,9-10H,4,7-8,11-17H2,1-3H3,(H2,21,22,23). The lowest BCUT2D eigenvalue weighted by atomic mass is 10.1. The second kappa shape index (κ2) is 11.8. The molecule has 2 N–H and O–H groups in total. The van der Waals surface area contributed by atoms with Crippen molar-refractivity contribution in [1.29, 1.82) is 0 Å². The predicted molar refractivity (Wildman–Crippen MR) is 109 cm³/mol. The van der Waals surface area contributed by atoms with E-state index < -0.39 is 0 Å². The molecule has 1 aromatic carbocycles. The maximum Gasteiger partial charge on any atom is 0.191 e. The molecule has 0 aliphatic carbocycles. The summed E-state index contributed by atoms with van der Waals surface area (Å²) in [4.78, 5) is 8.97. The molecule has 146 valence electrons. The Kier molecular flexibility index (Phi) is 9.28. The molecule has 0 atom stereocenters. The largest absolute Gasteiger partial charge is 0.492 e. The van der Waals surface area contributed by atoms with Crippen LogP contribution in [0.5, 0.6) is 5.75 Å². The maximum absolute atomic E-state index is 5.93. The number of aliphatic imine (C=N–C) groups is 1. The summed E-state index contributed by atoms with van der Waals surface area (Å²) in [7, 11) is 5.92. The number of ether oxygens (including phenoxy) is 1. The fourth-order valence-electron chi connectivity index (χ4n) is 3.04. The van der Waals surface area contributed by atoms with E-state index in [0.717, 1.165) is 36.9 Å². The summed E-state index contributed by atoms with van der Waals surface area (Å²) in [5.41, 5.74) is 1.14.